The smallest absolute Gasteiger partial charge is 0.336 e. The zero-order chi connectivity index (χ0) is 21.3. The van der Waals surface area contributed by atoms with Crippen LogP contribution in [0.3, 0.4) is 0 Å². The van der Waals surface area contributed by atoms with Crippen LogP contribution in [-0.4, -0.2) is 87.9 Å². The van der Waals surface area contributed by atoms with Gasteiger partial charge in [-0.1, -0.05) is 0 Å². The Hall–Kier alpha value is -1.10. The van der Waals surface area contributed by atoms with Crippen molar-refractivity contribution < 1.29 is 128 Å². The van der Waals surface area contributed by atoms with Crippen LogP contribution in [-0.2, 0) is 87.2 Å². The standard InChI is InChI=1S/2C6H8O7.ClH.3Zn/c2*7-3(8)1-6(13,5(11)12)2-4(9)10;;;;/h2*13H,1-2H2,(H,7,8)(H,9,10)(H,11,12);1H;;;. The average Bonchev–Trinajstić information content (AvgIpc) is 2.34. The van der Waals surface area contributed by atoms with E-state index in [0.717, 1.165) is 0 Å². The van der Waals surface area contributed by atoms with E-state index in [4.69, 9.17) is 40.9 Å². The Morgan fingerprint density at radius 2 is 0.600 bits per heavy atom. The fourth-order valence-corrected chi connectivity index (χ4v) is 1.43. The summed E-state index contributed by atoms with van der Waals surface area (Å²) in [4.78, 5) is 61.0. The number of rotatable bonds is 10. The largest absolute Gasteiger partial charge is 0.481 e. The Bertz CT molecular complexity index is 527. The van der Waals surface area contributed by atoms with Crippen molar-refractivity contribution in [1.82, 2.24) is 0 Å². The van der Waals surface area contributed by atoms with E-state index in [2.05, 4.69) is 0 Å². The second-order valence-corrected chi connectivity index (χ2v) is 4.96. The topological polar surface area (TPSA) is 264 Å². The Kier molecular flexibility index (Phi) is 26.7. The number of hydrogen-bond acceptors (Lipinski definition) is 8. The summed E-state index contributed by atoms with van der Waals surface area (Å²) in [6.45, 7) is 0. The molecule has 0 aromatic carbocycles. The molecule has 18 heteroatoms. The SMILES string of the molecule is Cl.O=C(O)CC(O)(CC(=O)O)C(=O)O.O=C(O)CC(O)(CC(=O)O)C(=O)O.[Zn].[Zn].[Zn]. The predicted molar refractivity (Wildman–Crippen MR) is 81.4 cm³/mol. The van der Waals surface area contributed by atoms with E-state index in [1.807, 2.05) is 0 Å². The monoisotopic (exact) mass is 612 g/mol. The van der Waals surface area contributed by atoms with Gasteiger partial charge in [-0.3, -0.25) is 19.2 Å². The number of carboxylic acids is 6. The van der Waals surface area contributed by atoms with Gasteiger partial charge in [-0.2, -0.15) is 0 Å². The first-order chi connectivity index (χ1) is 11.6. The zero-order valence-electron chi connectivity index (χ0n) is 15.4. The summed E-state index contributed by atoms with van der Waals surface area (Å²) in [7, 11) is 0. The van der Waals surface area contributed by atoms with Gasteiger partial charge in [0, 0.05) is 58.4 Å². The molecule has 0 bridgehead atoms. The van der Waals surface area contributed by atoms with Crippen LogP contribution in [0.5, 0.6) is 0 Å². The van der Waals surface area contributed by atoms with Gasteiger partial charge in [0.2, 0.25) is 0 Å². The van der Waals surface area contributed by atoms with Crippen LogP contribution in [0.4, 0.5) is 0 Å². The number of aliphatic hydroxyl groups is 2. The van der Waals surface area contributed by atoms with Gasteiger partial charge >= 0.3 is 35.8 Å². The number of carboxylic acid groups (broad SMARTS) is 6. The van der Waals surface area contributed by atoms with Gasteiger partial charge in [-0.15, -0.1) is 12.4 Å². The normalized spacial score (nSPS) is 9.40. The van der Waals surface area contributed by atoms with E-state index in [-0.39, 0.29) is 70.8 Å². The van der Waals surface area contributed by atoms with Gasteiger partial charge in [0.15, 0.2) is 11.2 Å². The molecule has 162 valence electrons. The molecule has 30 heavy (non-hydrogen) atoms. The van der Waals surface area contributed by atoms with Crippen molar-refractivity contribution in [2.45, 2.75) is 36.9 Å². The third-order valence-corrected chi connectivity index (χ3v) is 2.57. The molecule has 0 fully saturated rings. The zero-order valence-corrected chi connectivity index (χ0v) is 25.1. The second kappa shape index (κ2) is 18.7. The molecule has 0 atom stereocenters. The molecular weight excluding hydrogens is 600 g/mol. The van der Waals surface area contributed by atoms with Gasteiger partial charge in [-0.25, -0.2) is 9.59 Å². The van der Waals surface area contributed by atoms with Gasteiger partial charge in [0.25, 0.3) is 0 Å². The van der Waals surface area contributed by atoms with Crippen molar-refractivity contribution in [2.75, 3.05) is 0 Å². The minimum absolute atomic E-state index is 0. The minimum atomic E-state index is -2.74. The van der Waals surface area contributed by atoms with Crippen LogP contribution in [0.25, 0.3) is 0 Å². The van der Waals surface area contributed by atoms with Gasteiger partial charge in [0.1, 0.15) is 0 Å². The summed E-state index contributed by atoms with van der Waals surface area (Å²) in [5, 5.41) is 67.6. The summed E-state index contributed by atoms with van der Waals surface area (Å²) >= 11 is 0. The van der Waals surface area contributed by atoms with Crippen molar-refractivity contribution in [3.05, 3.63) is 0 Å². The first-order valence-electron chi connectivity index (χ1n) is 6.34. The third-order valence-electron chi connectivity index (χ3n) is 2.57. The van der Waals surface area contributed by atoms with Gasteiger partial charge < -0.3 is 40.9 Å². The van der Waals surface area contributed by atoms with Crippen molar-refractivity contribution in [3.63, 3.8) is 0 Å². The fraction of sp³-hybridized carbons (Fsp3) is 0.500. The van der Waals surface area contributed by atoms with Crippen LogP contribution >= 0.6 is 12.4 Å². The molecule has 0 aliphatic carbocycles. The quantitative estimate of drug-likeness (QED) is 0.122. The molecule has 0 rings (SSSR count). The number of aliphatic carboxylic acids is 6. The van der Waals surface area contributed by atoms with Crippen LogP contribution in [0.2, 0.25) is 0 Å². The molecule has 0 aromatic heterocycles. The second-order valence-electron chi connectivity index (χ2n) is 4.96. The number of carbonyl (C=O) groups is 6. The molecule has 0 aliphatic rings. The molecule has 0 radical (unpaired) electrons. The van der Waals surface area contributed by atoms with E-state index in [0.29, 0.717) is 0 Å². The predicted octanol–water partition coefficient (Wildman–Crippen LogP) is -2.08. The minimum Gasteiger partial charge on any atom is -0.481 e. The number of hydrogen-bond donors (Lipinski definition) is 8. The summed E-state index contributed by atoms with van der Waals surface area (Å²) in [6.07, 6.45) is -4.58. The van der Waals surface area contributed by atoms with E-state index < -0.39 is 72.7 Å². The van der Waals surface area contributed by atoms with Crippen molar-refractivity contribution >= 4 is 48.2 Å². The van der Waals surface area contributed by atoms with Crippen LogP contribution in [0, 0.1) is 0 Å². The van der Waals surface area contributed by atoms with Crippen LogP contribution in [0.15, 0.2) is 0 Å². The Morgan fingerprint density at radius 3 is 0.667 bits per heavy atom. The maximum atomic E-state index is 10.3. The molecule has 0 unspecified atom stereocenters. The van der Waals surface area contributed by atoms with Crippen molar-refractivity contribution in [3.8, 4) is 0 Å². The molecule has 0 aromatic rings. The number of halogens is 1. The van der Waals surface area contributed by atoms with E-state index in [9.17, 15) is 28.8 Å². The van der Waals surface area contributed by atoms with Crippen molar-refractivity contribution in [2.24, 2.45) is 0 Å². The molecule has 14 nitrogen and oxygen atoms in total. The third kappa shape index (κ3) is 18.9. The van der Waals surface area contributed by atoms with Crippen molar-refractivity contribution in [1.29, 1.82) is 0 Å². The Balaban J connectivity index is -0.0000000847. The van der Waals surface area contributed by atoms with Crippen LogP contribution in [0.1, 0.15) is 25.7 Å². The molecule has 8 N–H and O–H groups in total. The maximum absolute atomic E-state index is 10.3. The van der Waals surface area contributed by atoms with Gasteiger partial charge in [-0.05, 0) is 0 Å². The first-order valence-corrected chi connectivity index (χ1v) is 6.34. The Labute approximate surface area is 212 Å². The molecule has 0 amide bonds. The van der Waals surface area contributed by atoms with Crippen LogP contribution < -0.4 is 0 Å². The first kappa shape index (κ1) is 42.9. The average molecular weight is 617 g/mol. The van der Waals surface area contributed by atoms with E-state index >= 15 is 0 Å². The molecule has 0 spiro atoms. The molecular formula is C12H17ClO14Zn3. The summed E-state index contributed by atoms with van der Waals surface area (Å²) < 4.78 is 0. The molecule has 0 aliphatic heterocycles. The molecule has 0 saturated carbocycles. The summed E-state index contributed by atoms with van der Waals surface area (Å²) in [5.74, 6) is -10.0. The molecule has 0 heterocycles. The fourth-order valence-electron chi connectivity index (χ4n) is 1.43. The molecule has 0 saturated heterocycles. The summed E-state index contributed by atoms with van der Waals surface area (Å²) in [6, 6.07) is 0. The summed E-state index contributed by atoms with van der Waals surface area (Å²) in [5.41, 5.74) is -5.48. The Morgan fingerprint density at radius 1 is 0.467 bits per heavy atom. The van der Waals surface area contributed by atoms with E-state index in [1.54, 1.807) is 0 Å². The van der Waals surface area contributed by atoms with Gasteiger partial charge in [0.05, 0.1) is 25.7 Å². The maximum Gasteiger partial charge on any atom is 0.336 e. The van der Waals surface area contributed by atoms with E-state index in [1.165, 1.54) is 0 Å².